The first-order valence-corrected chi connectivity index (χ1v) is 11.7. The summed E-state index contributed by atoms with van der Waals surface area (Å²) in [6, 6.07) is -0.322. The van der Waals surface area contributed by atoms with E-state index in [-0.39, 0.29) is 23.9 Å². The Morgan fingerprint density at radius 2 is 1.81 bits per heavy atom. The van der Waals surface area contributed by atoms with Gasteiger partial charge in [0.1, 0.15) is 0 Å². The minimum atomic E-state index is -0.322. The van der Waals surface area contributed by atoms with Crippen LogP contribution in [0.1, 0.15) is 51.9 Å². The zero-order valence-electron chi connectivity index (χ0n) is 15.6. The number of aromatic nitrogens is 2. The van der Waals surface area contributed by atoms with E-state index in [9.17, 15) is 9.59 Å². The summed E-state index contributed by atoms with van der Waals surface area (Å²) in [6.45, 7) is 2.81. The van der Waals surface area contributed by atoms with Crippen LogP contribution in [-0.2, 0) is 4.79 Å². The number of anilines is 1. The minimum Gasteiger partial charge on any atom is -0.360 e. The van der Waals surface area contributed by atoms with E-state index < -0.39 is 0 Å². The molecule has 4 bridgehead atoms. The van der Waals surface area contributed by atoms with Crippen molar-refractivity contribution in [2.45, 2.75) is 61.7 Å². The topological polar surface area (TPSA) is 96.0 Å². The molecule has 9 heteroatoms. The highest BCUT2D eigenvalue weighted by Gasteiger charge is 2.51. The molecule has 148 valence electrons. The summed E-state index contributed by atoms with van der Waals surface area (Å²) in [7, 11) is 0. The van der Waals surface area contributed by atoms with E-state index in [1.165, 1.54) is 42.4 Å². The van der Waals surface area contributed by atoms with Crippen molar-refractivity contribution >= 4 is 40.2 Å². The summed E-state index contributed by atoms with van der Waals surface area (Å²) in [5, 5.41) is 17.7. The molecule has 0 unspecified atom stereocenters. The van der Waals surface area contributed by atoms with E-state index in [2.05, 4.69) is 26.1 Å². The number of nitrogens with zero attached hydrogens (tertiary/aromatic N) is 2. The van der Waals surface area contributed by atoms with Crippen LogP contribution in [0.3, 0.4) is 0 Å². The first-order valence-electron chi connectivity index (χ1n) is 9.86. The van der Waals surface area contributed by atoms with Crippen molar-refractivity contribution in [2.75, 3.05) is 17.6 Å². The monoisotopic (exact) mass is 409 g/mol. The third-order valence-corrected chi connectivity index (χ3v) is 7.98. The van der Waals surface area contributed by atoms with E-state index in [4.69, 9.17) is 0 Å². The summed E-state index contributed by atoms with van der Waals surface area (Å²) < 4.78 is 0.830. The number of imide groups is 1. The summed E-state index contributed by atoms with van der Waals surface area (Å²) in [5.74, 6) is 2.64. The molecule has 1 heterocycles. The Bertz CT molecular complexity index is 672. The van der Waals surface area contributed by atoms with Crippen LogP contribution in [0.25, 0.3) is 0 Å². The molecule has 1 aromatic rings. The SMILES string of the molecule is CCNc1nnc(SCCC(=O)NC(=O)NC23CC4CC(CC(C4)C2)C3)s1. The second kappa shape index (κ2) is 7.95. The Kier molecular flexibility index (Phi) is 5.59. The van der Waals surface area contributed by atoms with Gasteiger partial charge in [-0.1, -0.05) is 23.1 Å². The molecule has 4 saturated carbocycles. The van der Waals surface area contributed by atoms with Gasteiger partial charge in [0.05, 0.1) is 0 Å². The number of amides is 3. The minimum absolute atomic E-state index is 0.0664. The second-order valence-corrected chi connectivity index (χ2v) is 10.5. The Labute approximate surface area is 167 Å². The predicted molar refractivity (Wildman–Crippen MR) is 107 cm³/mol. The Morgan fingerprint density at radius 1 is 1.15 bits per heavy atom. The smallest absolute Gasteiger partial charge is 0.321 e. The lowest BCUT2D eigenvalue weighted by atomic mass is 9.53. The largest absolute Gasteiger partial charge is 0.360 e. The summed E-state index contributed by atoms with van der Waals surface area (Å²) >= 11 is 2.97. The molecule has 4 aliphatic carbocycles. The molecule has 0 radical (unpaired) electrons. The molecule has 0 aliphatic heterocycles. The molecule has 4 aliphatic rings. The van der Waals surface area contributed by atoms with Crippen LogP contribution in [0.5, 0.6) is 0 Å². The normalized spacial score (nSPS) is 30.9. The van der Waals surface area contributed by atoms with Crippen LogP contribution < -0.4 is 16.0 Å². The molecule has 4 fully saturated rings. The average molecular weight is 410 g/mol. The number of rotatable bonds is 7. The highest BCUT2D eigenvalue weighted by Crippen LogP contribution is 2.55. The molecule has 27 heavy (non-hydrogen) atoms. The fraction of sp³-hybridized carbons (Fsp3) is 0.778. The highest BCUT2D eigenvalue weighted by molar-refractivity contribution is 8.01. The van der Waals surface area contributed by atoms with Crippen LogP contribution in [0, 0.1) is 17.8 Å². The number of thioether (sulfide) groups is 1. The van der Waals surface area contributed by atoms with Gasteiger partial charge in [-0.25, -0.2) is 4.79 Å². The van der Waals surface area contributed by atoms with E-state index in [0.717, 1.165) is 53.0 Å². The number of urea groups is 1. The Hall–Kier alpha value is -1.35. The summed E-state index contributed by atoms with van der Waals surface area (Å²) in [4.78, 5) is 24.5. The van der Waals surface area contributed by atoms with E-state index in [0.29, 0.717) is 5.75 Å². The summed E-state index contributed by atoms with van der Waals surface area (Å²) in [5.41, 5.74) is -0.0664. The summed E-state index contributed by atoms with van der Waals surface area (Å²) in [6.07, 6.45) is 7.54. The fourth-order valence-electron chi connectivity index (χ4n) is 5.45. The highest BCUT2D eigenvalue weighted by atomic mass is 32.2. The van der Waals surface area contributed by atoms with Gasteiger partial charge in [0, 0.05) is 24.3 Å². The van der Waals surface area contributed by atoms with Crippen molar-refractivity contribution in [3.05, 3.63) is 0 Å². The number of hydrogen-bond donors (Lipinski definition) is 3. The van der Waals surface area contributed by atoms with Gasteiger partial charge in [0.2, 0.25) is 11.0 Å². The third-order valence-electron chi connectivity index (χ3n) is 5.96. The maximum absolute atomic E-state index is 12.4. The molecular formula is C18H27N5O2S2. The number of nitrogens with one attached hydrogen (secondary N) is 3. The first kappa shape index (κ1) is 19.0. The molecule has 3 N–H and O–H groups in total. The third kappa shape index (κ3) is 4.56. The van der Waals surface area contributed by atoms with Crippen LogP contribution in [0.15, 0.2) is 4.34 Å². The lowest BCUT2D eigenvalue weighted by molar-refractivity contribution is -0.119. The van der Waals surface area contributed by atoms with Gasteiger partial charge in [-0.15, -0.1) is 10.2 Å². The molecule has 7 nitrogen and oxygen atoms in total. The van der Waals surface area contributed by atoms with Crippen molar-refractivity contribution in [1.29, 1.82) is 0 Å². The van der Waals surface area contributed by atoms with Crippen LogP contribution in [0.2, 0.25) is 0 Å². The maximum Gasteiger partial charge on any atom is 0.321 e. The molecule has 0 spiro atoms. The molecule has 3 amide bonds. The molecule has 0 atom stereocenters. The molecular weight excluding hydrogens is 382 g/mol. The van der Waals surface area contributed by atoms with E-state index in [1.54, 1.807) is 0 Å². The molecule has 0 aromatic carbocycles. The molecule has 0 saturated heterocycles. The standard InChI is InChI=1S/C18H27N5O2S2/c1-2-19-16-22-23-17(27-16)26-4-3-14(24)20-15(25)21-18-8-11-5-12(9-18)7-13(6-11)10-18/h11-13H,2-10H2,1H3,(H,19,22)(H2,20,21,24,25). The number of carbonyl (C=O) groups excluding carboxylic acids is 2. The van der Waals surface area contributed by atoms with Gasteiger partial charge >= 0.3 is 6.03 Å². The lowest BCUT2D eigenvalue weighted by Crippen LogP contribution is -2.61. The van der Waals surface area contributed by atoms with Crippen LogP contribution >= 0.6 is 23.1 Å². The van der Waals surface area contributed by atoms with Crippen LogP contribution in [0.4, 0.5) is 9.93 Å². The van der Waals surface area contributed by atoms with Gasteiger partial charge in [-0.05, 0) is 63.2 Å². The van der Waals surface area contributed by atoms with Gasteiger partial charge in [-0.3, -0.25) is 10.1 Å². The van der Waals surface area contributed by atoms with Crippen molar-refractivity contribution < 1.29 is 9.59 Å². The first-order chi connectivity index (χ1) is 13.0. The Morgan fingerprint density at radius 3 is 2.44 bits per heavy atom. The quantitative estimate of drug-likeness (QED) is 0.598. The lowest BCUT2D eigenvalue weighted by Gasteiger charge is -2.56. The van der Waals surface area contributed by atoms with Crippen molar-refractivity contribution in [3.63, 3.8) is 0 Å². The number of carbonyl (C=O) groups is 2. The molecule has 5 rings (SSSR count). The van der Waals surface area contributed by atoms with Gasteiger partial charge in [0.15, 0.2) is 4.34 Å². The van der Waals surface area contributed by atoms with Gasteiger partial charge < -0.3 is 10.6 Å². The van der Waals surface area contributed by atoms with Gasteiger partial charge in [0.25, 0.3) is 0 Å². The van der Waals surface area contributed by atoms with Crippen molar-refractivity contribution in [3.8, 4) is 0 Å². The van der Waals surface area contributed by atoms with E-state index in [1.807, 2.05) is 6.92 Å². The zero-order chi connectivity index (χ0) is 18.9. The average Bonchev–Trinajstić information content (AvgIpc) is 3.00. The van der Waals surface area contributed by atoms with Crippen LogP contribution in [-0.4, -0.2) is 40.0 Å². The van der Waals surface area contributed by atoms with Crippen molar-refractivity contribution in [1.82, 2.24) is 20.8 Å². The van der Waals surface area contributed by atoms with Crippen molar-refractivity contribution in [2.24, 2.45) is 17.8 Å². The molecule has 1 aromatic heterocycles. The Balaban J connectivity index is 1.20. The second-order valence-electron chi connectivity index (χ2n) is 8.20. The predicted octanol–water partition coefficient (Wildman–Crippen LogP) is 3.25. The van der Waals surface area contributed by atoms with E-state index >= 15 is 0 Å². The number of hydrogen-bond acceptors (Lipinski definition) is 7. The maximum atomic E-state index is 12.4. The zero-order valence-corrected chi connectivity index (χ0v) is 17.3. The van der Waals surface area contributed by atoms with Gasteiger partial charge in [-0.2, -0.15) is 0 Å². The fourth-order valence-corrected chi connectivity index (χ4v) is 7.28.